The summed E-state index contributed by atoms with van der Waals surface area (Å²) in [6.45, 7) is 0. The van der Waals surface area contributed by atoms with E-state index in [1.165, 1.54) is 0 Å². The van der Waals surface area contributed by atoms with Crippen LogP contribution in [0, 0.1) is 0 Å². The Morgan fingerprint density at radius 1 is 0.429 bits per heavy atom. The van der Waals surface area contributed by atoms with Gasteiger partial charge >= 0.3 is 0 Å². The van der Waals surface area contributed by atoms with E-state index in [0.29, 0.717) is 19.3 Å². The fourth-order valence-corrected chi connectivity index (χ4v) is 2.13. The Morgan fingerprint density at radius 2 is 0.643 bits per heavy atom. The third kappa shape index (κ3) is 13.0. The van der Waals surface area contributed by atoms with E-state index in [0.717, 1.165) is 35.5 Å². The molecule has 0 fully saturated rings. The van der Waals surface area contributed by atoms with Gasteiger partial charge in [-0.25, -0.2) is 0 Å². The number of carbonyl (C=O) groups is 3. The average Bonchev–Trinajstić information content (AvgIpc) is 2.72. The Balaban J connectivity index is 0.000000384. The van der Waals surface area contributed by atoms with Crippen molar-refractivity contribution in [2.24, 2.45) is 0 Å². The molecule has 3 aromatic rings. The van der Waals surface area contributed by atoms with Crippen LogP contribution in [0.2, 0.25) is 0 Å². The van der Waals surface area contributed by atoms with Gasteiger partial charge in [0.2, 0.25) is 0 Å². The summed E-state index contributed by atoms with van der Waals surface area (Å²) in [4.78, 5) is 29.9. The predicted octanol–water partition coefficient (Wildman–Crippen LogP) is 4.28. The van der Waals surface area contributed by atoms with Crippen molar-refractivity contribution < 1.29 is 47.1 Å². The minimum absolute atomic E-state index is 0. The molecule has 0 saturated heterocycles. The molecule has 3 rings (SSSR count). The zero-order valence-corrected chi connectivity index (χ0v) is 18.7. The molecule has 4 heteroatoms. The topological polar surface area (TPSA) is 51.2 Å². The number of aldehydes is 3. The van der Waals surface area contributed by atoms with Crippen LogP contribution in [0.25, 0.3) is 0 Å². The molecule has 0 spiro atoms. The third-order valence-electron chi connectivity index (χ3n) is 3.49. The molecule has 1 radical (unpaired) electrons. The van der Waals surface area contributed by atoms with Gasteiger partial charge < -0.3 is 14.4 Å². The third-order valence-corrected chi connectivity index (χ3v) is 3.49. The van der Waals surface area contributed by atoms with Crippen LogP contribution < -0.4 is 0 Å². The molecule has 0 bridgehead atoms. The number of carbonyl (C=O) groups excluding carboxylic acids is 3. The molecular formula is C24H24O3Y. The number of benzene rings is 3. The van der Waals surface area contributed by atoms with Crippen LogP contribution in [-0.2, 0) is 66.4 Å². The summed E-state index contributed by atoms with van der Waals surface area (Å²) in [5, 5.41) is 0. The Morgan fingerprint density at radius 3 is 0.821 bits per heavy atom. The number of hydrogen-bond acceptors (Lipinski definition) is 3. The molecule has 0 saturated carbocycles. The molecule has 0 aliphatic rings. The van der Waals surface area contributed by atoms with Crippen LogP contribution in [0.1, 0.15) is 16.7 Å². The van der Waals surface area contributed by atoms with Crippen molar-refractivity contribution >= 4 is 18.9 Å². The zero-order valence-electron chi connectivity index (χ0n) is 15.8. The van der Waals surface area contributed by atoms with Crippen LogP contribution in [0.4, 0.5) is 0 Å². The summed E-state index contributed by atoms with van der Waals surface area (Å²) in [5.41, 5.74) is 3.23. The maximum atomic E-state index is 9.97. The standard InChI is InChI=1S/3C8H8O.Y/c3*9-7-6-8-4-2-1-3-5-8;/h3*1-5,7H,6H2;. The SMILES string of the molecule is O=CCc1ccccc1.O=CCc1ccccc1.O=CCc1ccccc1.[Y]. The summed E-state index contributed by atoms with van der Waals surface area (Å²) < 4.78 is 0. The van der Waals surface area contributed by atoms with Gasteiger partial charge in [-0.05, 0) is 16.7 Å². The van der Waals surface area contributed by atoms with Gasteiger partial charge in [-0.15, -0.1) is 0 Å². The largest absolute Gasteiger partial charge is 0.303 e. The van der Waals surface area contributed by atoms with E-state index in [2.05, 4.69) is 0 Å². The van der Waals surface area contributed by atoms with Gasteiger partial charge in [0.1, 0.15) is 18.9 Å². The fourth-order valence-electron chi connectivity index (χ4n) is 2.13. The van der Waals surface area contributed by atoms with E-state index < -0.39 is 0 Å². The second-order valence-corrected chi connectivity index (χ2v) is 5.57. The van der Waals surface area contributed by atoms with Crippen molar-refractivity contribution in [2.75, 3.05) is 0 Å². The van der Waals surface area contributed by atoms with Crippen molar-refractivity contribution in [3.8, 4) is 0 Å². The van der Waals surface area contributed by atoms with Gasteiger partial charge in [0.15, 0.2) is 0 Å². The van der Waals surface area contributed by atoms with E-state index in [9.17, 15) is 14.4 Å². The molecule has 0 atom stereocenters. The van der Waals surface area contributed by atoms with Crippen molar-refractivity contribution in [2.45, 2.75) is 19.3 Å². The fraction of sp³-hybridized carbons (Fsp3) is 0.125. The summed E-state index contributed by atoms with van der Waals surface area (Å²) >= 11 is 0. The van der Waals surface area contributed by atoms with Gasteiger partial charge in [-0.3, -0.25) is 0 Å². The van der Waals surface area contributed by atoms with Gasteiger partial charge in [0, 0.05) is 52.0 Å². The molecule has 0 N–H and O–H groups in total. The predicted molar refractivity (Wildman–Crippen MR) is 109 cm³/mol. The van der Waals surface area contributed by atoms with Crippen LogP contribution in [0.3, 0.4) is 0 Å². The van der Waals surface area contributed by atoms with Crippen molar-refractivity contribution in [1.82, 2.24) is 0 Å². The van der Waals surface area contributed by atoms with E-state index >= 15 is 0 Å². The second kappa shape index (κ2) is 18.2. The molecule has 0 amide bonds. The van der Waals surface area contributed by atoms with Gasteiger partial charge in [0.05, 0.1) is 0 Å². The molecule has 0 aliphatic carbocycles. The number of hydrogen-bond donors (Lipinski definition) is 0. The molecule has 141 valence electrons. The Hall–Kier alpha value is -2.23. The van der Waals surface area contributed by atoms with Crippen LogP contribution in [-0.4, -0.2) is 18.9 Å². The van der Waals surface area contributed by atoms with Gasteiger partial charge in [-0.1, -0.05) is 91.0 Å². The summed E-state index contributed by atoms with van der Waals surface area (Å²) in [5.74, 6) is 0. The monoisotopic (exact) mass is 449 g/mol. The zero-order chi connectivity index (χ0) is 19.6. The smallest absolute Gasteiger partial charge is 0.124 e. The minimum atomic E-state index is 0. The first-order valence-corrected chi connectivity index (χ1v) is 8.72. The maximum absolute atomic E-state index is 9.97. The normalized spacial score (nSPS) is 8.57. The second-order valence-electron chi connectivity index (χ2n) is 5.57. The van der Waals surface area contributed by atoms with Gasteiger partial charge in [0.25, 0.3) is 0 Å². The Kier molecular flexibility index (Phi) is 16.7. The summed E-state index contributed by atoms with van der Waals surface area (Å²) in [6.07, 6.45) is 4.32. The van der Waals surface area contributed by atoms with Crippen molar-refractivity contribution in [3.05, 3.63) is 108 Å². The molecule has 3 nitrogen and oxygen atoms in total. The first kappa shape index (κ1) is 25.8. The molecule has 0 aliphatic heterocycles. The average molecular weight is 449 g/mol. The number of rotatable bonds is 6. The van der Waals surface area contributed by atoms with Gasteiger partial charge in [-0.2, -0.15) is 0 Å². The van der Waals surface area contributed by atoms with Crippen molar-refractivity contribution in [3.63, 3.8) is 0 Å². The van der Waals surface area contributed by atoms with E-state index in [4.69, 9.17) is 0 Å². The molecular weight excluding hydrogens is 425 g/mol. The molecule has 0 unspecified atom stereocenters. The first-order chi connectivity index (χ1) is 13.3. The Bertz CT molecular complexity index is 651. The van der Waals surface area contributed by atoms with Crippen LogP contribution in [0.5, 0.6) is 0 Å². The van der Waals surface area contributed by atoms with E-state index in [1.54, 1.807) is 0 Å². The first-order valence-electron chi connectivity index (χ1n) is 8.72. The summed E-state index contributed by atoms with van der Waals surface area (Å²) in [6, 6.07) is 29.0. The molecule has 0 heterocycles. The quantitative estimate of drug-likeness (QED) is 0.528. The maximum Gasteiger partial charge on any atom is 0.124 e. The minimum Gasteiger partial charge on any atom is -0.303 e. The van der Waals surface area contributed by atoms with E-state index in [-0.39, 0.29) is 32.7 Å². The van der Waals surface area contributed by atoms with Crippen molar-refractivity contribution in [1.29, 1.82) is 0 Å². The summed E-state index contributed by atoms with van der Waals surface area (Å²) in [7, 11) is 0. The van der Waals surface area contributed by atoms with E-state index in [1.807, 2.05) is 91.0 Å². The molecule has 28 heavy (non-hydrogen) atoms. The molecule has 0 aromatic heterocycles. The molecule has 3 aromatic carbocycles. The van der Waals surface area contributed by atoms with Crippen LogP contribution in [0.15, 0.2) is 91.0 Å². The van der Waals surface area contributed by atoms with Crippen LogP contribution >= 0.6 is 0 Å². The Labute approximate surface area is 192 Å².